The number of aliphatic hydroxyl groups is 1. The summed E-state index contributed by atoms with van der Waals surface area (Å²) in [6, 6.07) is 11.5. The molecule has 3 aliphatic rings. The van der Waals surface area contributed by atoms with E-state index in [1.807, 2.05) is 19.1 Å². The van der Waals surface area contributed by atoms with Crippen LogP contribution in [0.5, 0.6) is 0 Å². The van der Waals surface area contributed by atoms with Crippen molar-refractivity contribution in [3.63, 3.8) is 0 Å². The van der Waals surface area contributed by atoms with Crippen molar-refractivity contribution in [2.24, 2.45) is 10.3 Å². The van der Waals surface area contributed by atoms with Crippen molar-refractivity contribution < 1.29 is 58.4 Å². The molecule has 1 aliphatic heterocycles. The van der Waals surface area contributed by atoms with E-state index in [0.717, 1.165) is 37.5 Å². The summed E-state index contributed by atoms with van der Waals surface area (Å²) in [6.45, 7) is 1.90. The van der Waals surface area contributed by atoms with Gasteiger partial charge in [0.05, 0.1) is 23.0 Å². The number of sulfonamides is 1. The first-order chi connectivity index (χ1) is 17.4. The molecule has 0 amide bonds. The van der Waals surface area contributed by atoms with Gasteiger partial charge in [0.25, 0.3) is 0 Å². The first-order valence-corrected chi connectivity index (χ1v) is 15.6. The number of hydrogen-bond acceptors (Lipinski definition) is 8. The van der Waals surface area contributed by atoms with Crippen LogP contribution in [0.2, 0.25) is 0 Å². The van der Waals surface area contributed by atoms with Crippen LogP contribution in [0.3, 0.4) is 0 Å². The predicted molar refractivity (Wildman–Crippen MR) is 148 cm³/mol. The summed E-state index contributed by atoms with van der Waals surface area (Å²) in [4.78, 5) is 14.1. The number of nitrogens with zero attached hydrogens (tertiary/aromatic N) is 1. The zero-order chi connectivity index (χ0) is 26.6. The predicted octanol–water partition coefficient (Wildman–Crippen LogP) is 2.80. The number of ketones is 1. The van der Waals surface area contributed by atoms with Crippen LogP contribution in [0.4, 0.5) is 11.4 Å². The van der Waals surface area contributed by atoms with Crippen molar-refractivity contribution in [3.05, 3.63) is 59.2 Å². The summed E-state index contributed by atoms with van der Waals surface area (Å²) < 4.78 is 51.5. The van der Waals surface area contributed by atoms with Crippen LogP contribution in [0.15, 0.2) is 57.3 Å². The fourth-order valence-corrected chi connectivity index (χ4v) is 7.51. The Bertz CT molecular complexity index is 1460. The molecule has 0 spiro atoms. The van der Waals surface area contributed by atoms with Crippen LogP contribution in [0, 0.1) is 5.92 Å². The third-order valence-electron chi connectivity index (χ3n) is 7.45. The zero-order valence-corrected chi connectivity index (χ0v) is 25.3. The van der Waals surface area contributed by atoms with E-state index in [4.69, 9.17) is 0 Å². The molecule has 12 heteroatoms. The molecule has 1 fully saturated rings. The van der Waals surface area contributed by atoms with Crippen LogP contribution >= 0.6 is 10.8 Å². The minimum absolute atomic E-state index is 0. The third-order valence-corrected chi connectivity index (χ3v) is 9.42. The smallest absolute Gasteiger partial charge is 1.00 e. The second kappa shape index (κ2) is 10.6. The van der Waals surface area contributed by atoms with Gasteiger partial charge in [-0.1, -0.05) is 67.1 Å². The first-order valence-electron chi connectivity index (χ1n) is 12.2. The first kappa shape index (κ1) is 29.1. The number of fused-ring (bicyclic) bond motifs is 2. The quantitative estimate of drug-likeness (QED) is 0.348. The molecule has 38 heavy (non-hydrogen) atoms. The van der Waals surface area contributed by atoms with Crippen molar-refractivity contribution in [1.29, 1.82) is 0 Å². The number of carbonyl (C=O) groups excluding carboxylic acids is 1. The molecule has 0 saturated heterocycles. The number of amidine groups is 1. The molecular formula is C26H32N3NaO6S2. The van der Waals surface area contributed by atoms with Crippen molar-refractivity contribution in [1.82, 2.24) is 0 Å². The summed E-state index contributed by atoms with van der Waals surface area (Å²) in [7, 11) is -7.40. The number of nitrogens with one attached hydrogen (secondary N) is 2. The Hall–Kier alpha value is -1.86. The van der Waals surface area contributed by atoms with Crippen molar-refractivity contribution in [3.8, 4) is 0 Å². The van der Waals surface area contributed by atoms with E-state index in [0.29, 0.717) is 17.9 Å². The average Bonchev–Trinajstić information content (AvgIpc) is 2.83. The van der Waals surface area contributed by atoms with Crippen LogP contribution in [0.1, 0.15) is 58.0 Å². The van der Waals surface area contributed by atoms with E-state index >= 15 is 0 Å². The minimum Gasteiger partial charge on any atom is -1.00 e. The van der Waals surface area contributed by atoms with E-state index in [2.05, 4.69) is 14.4 Å². The van der Waals surface area contributed by atoms with Crippen molar-refractivity contribution in [2.75, 3.05) is 16.3 Å². The van der Waals surface area contributed by atoms with E-state index < -0.39 is 26.2 Å². The fourth-order valence-electron chi connectivity index (χ4n) is 5.77. The Labute approximate surface area is 248 Å². The second-order valence-electron chi connectivity index (χ2n) is 10.3. The van der Waals surface area contributed by atoms with Gasteiger partial charge in [-0.05, 0) is 43.0 Å². The largest absolute Gasteiger partial charge is 1.00 e. The molecule has 2 aromatic carbocycles. The molecule has 0 aromatic heterocycles. The number of Topliss-reactive ketones (excluding diaryl/α,β-unsaturated/α-hetero) is 1. The molecule has 2 aliphatic carbocycles. The van der Waals surface area contributed by atoms with Crippen molar-refractivity contribution in [2.45, 2.75) is 55.8 Å². The summed E-state index contributed by atoms with van der Waals surface area (Å²) >= 11 is 0. The molecule has 5 N–H and O–H groups in total. The average molecular weight is 570 g/mol. The standard InChI is InChI=1S/C26H31N3O6S2.Na.H/c1-26(15-16-8-4-3-5-9-16)19-11-7-6-10-18(19)23(30)22(24(26)31)25-27-20-13-12-17(28-36(2,32)33)14-21(20)37(34,35)29-25;;/h6-7,10-14,16,28,30,34-35H,3-5,8-9,15H2,1-2H3,(H,27,29);;/q;+1;-1. The molecule has 2 aromatic rings. The van der Waals surface area contributed by atoms with Gasteiger partial charge in [-0.3, -0.25) is 18.6 Å². The maximum atomic E-state index is 14.2. The molecule has 5 rings (SSSR count). The van der Waals surface area contributed by atoms with E-state index in [1.165, 1.54) is 24.6 Å². The topological polar surface area (TPSA) is 148 Å². The third kappa shape index (κ3) is 5.42. The van der Waals surface area contributed by atoms with Crippen LogP contribution in [-0.4, -0.2) is 40.5 Å². The molecule has 200 valence electrons. The number of rotatable bonds is 5. The van der Waals surface area contributed by atoms with E-state index in [9.17, 15) is 27.4 Å². The number of aliphatic hydroxyl groups excluding tert-OH is 1. The zero-order valence-electron chi connectivity index (χ0n) is 22.7. The van der Waals surface area contributed by atoms with Gasteiger partial charge in [-0.2, -0.15) is 0 Å². The van der Waals surface area contributed by atoms with Crippen LogP contribution in [0.25, 0.3) is 5.76 Å². The Morgan fingerprint density at radius 2 is 1.84 bits per heavy atom. The van der Waals surface area contributed by atoms with Crippen LogP contribution in [-0.2, 0) is 20.2 Å². The number of benzene rings is 2. The molecule has 1 atom stereocenters. The Morgan fingerprint density at radius 1 is 1.16 bits per heavy atom. The Kier molecular flexibility index (Phi) is 8.13. The number of hydrogen-bond donors (Lipinski definition) is 5. The monoisotopic (exact) mass is 569 g/mol. The second-order valence-corrected chi connectivity index (χ2v) is 13.7. The van der Waals surface area contributed by atoms with Gasteiger partial charge in [0.2, 0.25) is 10.0 Å². The maximum Gasteiger partial charge on any atom is 1.00 e. The molecule has 1 unspecified atom stereocenters. The maximum absolute atomic E-state index is 14.2. The summed E-state index contributed by atoms with van der Waals surface area (Å²) in [5, 5.41) is 14.3. The fraction of sp³-hybridized carbons (Fsp3) is 0.385. The molecule has 1 saturated carbocycles. The molecule has 9 nitrogen and oxygen atoms in total. The van der Waals surface area contributed by atoms with Gasteiger partial charge in [0, 0.05) is 5.56 Å². The number of anilines is 2. The van der Waals surface area contributed by atoms with Gasteiger partial charge >= 0.3 is 29.6 Å². The summed E-state index contributed by atoms with van der Waals surface area (Å²) in [5.74, 6) is -0.333. The number of carbonyl (C=O) groups is 1. The van der Waals surface area contributed by atoms with E-state index in [-0.39, 0.29) is 70.2 Å². The summed E-state index contributed by atoms with van der Waals surface area (Å²) in [6.07, 6.45) is 7.17. The van der Waals surface area contributed by atoms with Gasteiger partial charge in [-0.25, -0.2) is 8.42 Å². The van der Waals surface area contributed by atoms with E-state index in [1.54, 1.807) is 12.1 Å². The SMILES string of the molecule is CC1(CC2CCCCC2)C(=O)C(C2=NS(O)(O)c3cc(NS(C)(=O)=O)ccc3N2)=C(O)c2ccccc21.[H-].[Na+]. The summed E-state index contributed by atoms with van der Waals surface area (Å²) in [5.41, 5.74) is 0.677. The molecular weight excluding hydrogens is 537 g/mol. The molecule has 0 bridgehead atoms. The minimum atomic E-state index is -3.81. The Morgan fingerprint density at radius 3 is 2.53 bits per heavy atom. The Balaban J connectivity index is 0.00000210. The molecule has 0 radical (unpaired) electrons. The van der Waals surface area contributed by atoms with Gasteiger partial charge in [0.1, 0.15) is 16.2 Å². The van der Waals surface area contributed by atoms with Gasteiger partial charge < -0.3 is 11.8 Å². The molecule has 1 heterocycles. The van der Waals surface area contributed by atoms with Crippen molar-refractivity contribution >= 4 is 49.6 Å². The van der Waals surface area contributed by atoms with Gasteiger partial charge in [0.15, 0.2) is 11.6 Å². The normalized spacial score (nSPS) is 23.8. The van der Waals surface area contributed by atoms with Crippen LogP contribution < -0.4 is 39.6 Å². The van der Waals surface area contributed by atoms with Gasteiger partial charge in [-0.15, -0.1) is 4.40 Å².